The molecule has 2 nitrogen and oxygen atoms in total. The first-order valence-corrected chi connectivity index (χ1v) is 5.95. The maximum absolute atomic E-state index is 12.7. The molecule has 1 unspecified atom stereocenters. The highest BCUT2D eigenvalue weighted by atomic mass is 19.4. The Kier molecular flexibility index (Phi) is 3.80. The first kappa shape index (κ1) is 13.2. The van der Waals surface area contributed by atoms with E-state index in [1.54, 1.807) is 0 Å². The lowest BCUT2D eigenvalue weighted by Gasteiger charge is -2.30. The van der Waals surface area contributed by atoms with Crippen LogP contribution in [0, 0.1) is 5.92 Å². The smallest absolute Gasteiger partial charge is 0.419 e. The van der Waals surface area contributed by atoms with E-state index in [0.717, 1.165) is 25.3 Å². The SMILES string of the molecule is OC(COc1ccccc1C(F)(F)F)C1CCC1. The van der Waals surface area contributed by atoms with Gasteiger partial charge in [-0.25, -0.2) is 0 Å². The molecule has 0 aliphatic heterocycles. The maximum Gasteiger partial charge on any atom is 0.419 e. The van der Waals surface area contributed by atoms with Crippen LogP contribution in [0.4, 0.5) is 13.2 Å². The van der Waals surface area contributed by atoms with Crippen molar-refractivity contribution in [2.24, 2.45) is 5.92 Å². The molecule has 18 heavy (non-hydrogen) atoms. The molecule has 1 fully saturated rings. The number of aliphatic hydroxyl groups excluding tert-OH is 1. The number of benzene rings is 1. The molecule has 0 bridgehead atoms. The first-order chi connectivity index (χ1) is 8.48. The van der Waals surface area contributed by atoms with Crippen molar-refractivity contribution in [3.8, 4) is 5.75 Å². The average molecular weight is 260 g/mol. The van der Waals surface area contributed by atoms with Gasteiger partial charge in [0, 0.05) is 0 Å². The van der Waals surface area contributed by atoms with Crippen molar-refractivity contribution in [2.75, 3.05) is 6.61 Å². The maximum atomic E-state index is 12.7. The Bertz CT molecular complexity index is 399. The molecule has 1 N–H and O–H groups in total. The molecule has 0 aromatic heterocycles. The molecule has 1 aliphatic rings. The molecular weight excluding hydrogens is 245 g/mol. The van der Waals surface area contributed by atoms with Crippen molar-refractivity contribution >= 4 is 0 Å². The second kappa shape index (κ2) is 5.18. The van der Waals surface area contributed by atoms with Crippen molar-refractivity contribution in [1.82, 2.24) is 0 Å². The summed E-state index contributed by atoms with van der Waals surface area (Å²) in [5.41, 5.74) is -0.800. The highest BCUT2D eigenvalue weighted by Crippen LogP contribution is 2.36. The lowest BCUT2D eigenvalue weighted by atomic mass is 9.81. The van der Waals surface area contributed by atoms with Crippen LogP contribution >= 0.6 is 0 Å². The van der Waals surface area contributed by atoms with E-state index >= 15 is 0 Å². The molecule has 1 aliphatic carbocycles. The van der Waals surface area contributed by atoms with Gasteiger partial charge in [0.2, 0.25) is 0 Å². The zero-order valence-corrected chi connectivity index (χ0v) is 9.78. The van der Waals surface area contributed by atoms with Crippen LogP contribution in [0.15, 0.2) is 24.3 Å². The molecule has 0 heterocycles. The van der Waals surface area contributed by atoms with Crippen molar-refractivity contribution in [3.63, 3.8) is 0 Å². The summed E-state index contributed by atoms with van der Waals surface area (Å²) in [7, 11) is 0. The van der Waals surface area contributed by atoms with Gasteiger partial charge in [0.1, 0.15) is 12.4 Å². The number of hydrogen-bond donors (Lipinski definition) is 1. The highest BCUT2D eigenvalue weighted by molar-refractivity contribution is 5.35. The molecule has 1 saturated carbocycles. The molecule has 2 rings (SSSR count). The number of ether oxygens (including phenoxy) is 1. The zero-order chi connectivity index (χ0) is 13.2. The van der Waals surface area contributed by atoms with Gasteiger partial charge >= 0.3 is 6.18 Å². The standard InChI is InChI=1S/C13H15F3O2/c14-13(15,16)10-6-1-2-7-12(10)18-8-11(17)9-4-3-5-9/h1-2,6-7,9,11,17H,3-5,8H2. The molecule has 0 amide bonds. The van der Waals surface area contributed by atoms with E-state index in [2.05, 4.69) is 0 Å². The summed E-state index contributed by atoms with van der Waals surface area (Å²) in [6, 6.07) is 5.06. The minimum atomic E-state index is -4.43. The quantitative estimate of drug-likeness (QED) is 0.900. The summed E-state index contributed by atoms with van der Waals surface area (Å²) in [4.78, 5) is 0. The Morgan fingerprint density at radius 1 is 1.28 bits per heavy atom. The molecule has 0 saturated heterocycles. The van der Waals surface area contributed by atoms with E-state index < -0.39 is 17.8 Å². The van der Waals surface area contributed by atoms with E-state index in [9.17, 15) is 18.3 Å². The fraction of sp³-hybridized carbons (Fsp3) is 0.538. The van der Waals surface area contributed by atoms with Gasteiger partial charge in [-0.1, -0.05) is 18.6 Å². The molecular formula is C13H15F3O2. The van der Waals surface area contributed by atoms with Gasteiger partial charge in [-0.2, -0.15) is 13.2 Å². The molecule has 100 valence electrons. The first-order valence-electron chi connectivity index (χ1n) is 5.95. The largest absolute Gasteiger partial charge is 0.490 e. The molecule has 0 spiro atoms. The average Bonchev–Trinajstić information content (AvgIpc) is 2.23. The van der Waals surface area contributed by atoms with Gasteiger partial charge in [0.15, 0.2) is 0 Å². The lowest BCUT2D eigenvalue weighted by Crippen LogP contribution is -2.32. The van der Waals surface area contributed by atoms with Gasteiger partial charge < -0.3 is 9.84 Å². The Morgan fingerprint density at radius 2 is 1.94 bits per heavy atom. The summed E-state index contributed by atoms with van der Waals surface area (Å²) in [5.74, 6) is -0.0496. The number of aliphatic hydroxyl groups is 1. The normalized spacial score (nSPS) is 18.2. The van der Waals surface area contributed by atoms with Crippen LogP contribution in [-0.2, 0) is 6.18 Å². The zero-order valence-electron chi connectivity index (χ0n) is 9.78. The fourth-order valence-corrected chi connectivity index (χ4v) is 1.96. The van der Waals surface area contributed by atoms with Crippen LogP contribution in [0.2, 0.25) is 0 Å². The summed E-state index contributed by atoms with van der Waals surface area (Å²) >= 11 is 0. The Hall–Kier alpha value is -1.23. The molecule has 1 aromatic rings. The van der Waals surface area contributed by atoms with Crippen molar-refractivity contribution in [2.45, 2.75) is 31.5 Å². The number of halogens is 3. The third kappa shape index (κ3) is 2.96. The molecule has 0 radical (unpaired) electrons. The van der Waals surface area contributed by atoms with Gasteiger partial charge in [-0.3, -0.25) is 0 Å². The van der Waals surface area contributed by atoms with Crippen LogP contribution in [0.1, 0.15) is 24.8 Å². The van der Waals surface area contributed by atoms with Crippen molar-refractivity contribution in [1.29, 1.82) is 0 Å². The minimum Gasteiger partial charge on any atom is -0.490 e. The highest BCUT2D eigenvalue weighted by Gasteiger charge is 2.34. The number of rotatable bonds is 4. The summed E-state index contributed by atoms with van der Waals surface area (Å²) in [5, 5.41) is 9.72. The second-order valence-electron chi connectivity index (χ2n) is 4.56. The fourth-order valence-electron chi connectivity index (χ4n) is 1.96. The van der Waals surface area contributed by atoms with Crippen LogP contribution < -0.4 is 4.74 Å². The lowest BCUT2D eigenvalue weighted by molar-refractivity contribution is -0.139. The van der Waals surface area contributed by atoms with E-state index in [4.69, 9.17) is 4.74 Å². The van der Waals surface area contributed by atoms with Crippen LogP contribution in [0.3, 0.4) is 0 Å². The van der Waals surface area contributed by atoms with Crippen molar-refractivity contribution in [3.05, 3.63) is 29.8 Å². The molecule has 1 atom stereocenters. The predicted molar refractivity (Wildman–Crippen MR) is 60.3 cm³/mol. The van der Waals surface area contributed by atoms with E-state index in [-0.39, 0.29) is 18.3 Å². The van der Waals surface area contributed by atoms with Gasteiger partial charge in [-0.15, -0.1) is 0 Å². The van der Waals surface area contributed by atoms with Crippen LogP contribution in [0.5, 0.6) is 5.75 Å². The van der Waals surface area contributed by atoms with Gasteiger partial charge in [-0.05, 0) is 30.9 Å². The Balaban J connectivity index is 2.00. The monoisotopic (exact) mass is 260 g/mol. The van der Waals surface area contributed by atoms with Crippen LogP contribution in [-0.4, -0.2) is 17.8 Å². The molecule has 5 heteroatoms. The number of para-hydroxylation sites is 1. The van der Waals surface area contributed by atoms with Crippen molar-refractivity contribution < 1.29 is 23.0 Å². The second-order valence-corrected chi connectivity index (χ2v) is 4.56. The summed E-state index contributed by atoms with van der Waals surface area (Å²) < 4.78 is 43.1. The van der Waals surface area contributed by atoms with E-state index in [0.29, 0.717) is 0 Å². The molecule has 1 aromatic carbocycles. The number of hydrogen-bond acceptors (Lipinski definition) is 2. The van der Waals surface area contributed by atoms with Crippen LogP contribution in [0.25, 0.3) is 0 Å². The third-order valence-electron chi connectivity index (χ3n) is 3.30. The van der Waals surface area contributed by atoms with E-state index in [1.807, 2.05) is 0 Å². The Labute approximate surface area is 103 Å². The summed E-state index contributed by atoms with van der Waals surface area (Å²) in [6.45, 7) is -0.0856. The topological polar surface area (TPSA) is 29.5 Å². The minimum absolute atomic E-state index is 0.0856. The Morgan fingerprint density at radius 3 is 2.50 bits per heavy atom. The van der Waals surface area contributed by atoms with Gasteiger partial charge in [0.25, 0.3) is 0 Å². The third-order valence-corrected chi connectivity index (χ3v) is 3.30. The predicted octanol–water partition coefficient (Wildman–Crippen LogP) is 3.25. The van der Waals surface area contributed by atoms with E-state index in [1.165, 1.54) is 18.2 Å². The van der Waals surface area contributed by atoms with Gasteiger partial charge in [0.05, 0.1) is 11.7 Å². The summed E-state index contributed by atoms with van der Waals surface area (Å²) in [6.07, 6.45) is -2.20. The number of alkyl halides is 3.